The first kappa shape index (κ1) is 43.0. The van der Waals surface area contributed by atoms with E-state index in [1.54, 1.807) is 4.90 Å². The number of imide groups is 1. The molecule has 8 heterocycles. The van der Waals surface area contributed by atoms with Crippen molar-refractivity contribution in [1.82, 2.24) is 41.1 Å². The Balaban J connectivity index is 0.653. The van der Waals surface area contributed by atoms with Crippen LogP contribution < -0.4 is 36.4 Å². The van der Waals surface area contributed by atoms with Crippen LogP contribution in [0.25, 0.3) is 0 Å². The van der Waals surface area contributed by atoms with E-state index in [-0.39, 0.29) is 60.6 Å². The van der Waals surface area contributed by atoms with Gasteiger partial charge < -0.3 is 25.1 Å². The maximum atomic E-state index is 13.8. The molecule has 0 radical (unpaired) electrons. The SMILES string of the molecule is C[C@@]1(O)CC/C=C\CN2C(=O)C3CNC(Nc4ccc(N5CCN(C6CCC7(CCN(c8ccc9c(c8)CN(C8CCC(=O)NC8=O)C9=O)CC7)C6)CC5)cc4)NC3N2C2CCCC1N2. The summed E-state index contributed by atoms with van der Waals surface area (Å²) in [5.41, 5.74) is 4.65. The predicted molar refractivity (Wildman–Crippen MR) is 247 cm³/mol. The molecule has 8 atom stereocenters. The number of benzene rings is 2. The number of amides is 4. The molecule has 1 aliphatic carbocycles. The van der Waals surface area contributed by atoms with E-state index in [1.807, 2.05) is 18.0 Å². The van der Waals surface area contributed by atoms with Crippen molar-refractivity contribution < 1.29 is 24.3 Å². The minimum absolute atomic E-state index is 0.0178. The lowest BCUT2D eigenvalue weighted by Gasteiger charge is -2.47. The second kappa shape index (κ2) is 17.3. The molecule has 16 nitrogen and oxygen atoms in total. The summed E-state index contributed by atoms with van der Waals surface area (Å²) < 4.78 is 0. The van der Waals surface area contributed by atoms with Crippen LogP contribution in [0, 0.1) is 11.3 Å². The summed E-state index contributed by atoms with van der Waals surface area (Å²) in [7, 11) is 0. The largest absolute Gasteiger partial charge is 0.389 e. The molecule has 6 N–H and O–H groups in total. The normalized spacial score (nSPS) is 34.8. The van der Waals surface area contributed by atoms with Gasteiger partial charge in [0.1, 0.15) is 12.3 Å². The predicted octanol–water partition coefficient (Wildman–Crippen LogP) is 2.87. The van der Waals surface area contributed by atoms with E-state index in [9.17, 15) is 24.3 Å². The van der Waals surface area contributed by atoms with Gasteiger partial charge >= 0.3 is 0 Å². The van der Waals surface area contributed by atoms with E-state index in [0.29, 0.717) is 49.5 Å². The number of anilines is 3. The number of fused-ring (bicyclic) bond motifs is 7. The van der Waals surface area contributed by atoms with E-state index < -0.39 is 11.6 Å². The fraction of sp³-hybridized carbons (Fsp3) is 0.633. The van der Waals surface area contributed by atoms with Gasteiger partial charge in [0.15, 0.2) is 0 Å². The first-order valence-electron chi connectivity index (χ1n) is 24.6. The lowest BCUT2D eigenvalue weighted by molar-refractivity contribution is -0.146. The van der Waals surface area contributed by atoms with Crippen LogP contribution in [0.5, 0.6) is 0 Å². The Morgan fingerprint density at radius 2 is 1.60 bits per heavy atom. The molecule has 9 aliphatic rings. The van der Waals surface area contributed by atoms with Crippen LogP contribution >= 0.6 is 0 Å². The molecule has 1 saturated carbocycles. The Bertz CT molecular complexity index is 2190. The number of carbonyl (C=O) groups is 4. The minimum Gasteiger partial charge on any atom is -0.389 e. The van der Waals surface area contributed by atoms with Crippen molar-refractivity contribution in [1.29, 1.82) is 0 Å². The van der Waals surface area contributed by atoms with Gasteiger partial charge in [0.25, 0.3) is 5.91 Å². The fourth-order valence-corrected chi connectivity index (χ4v) is 13.0. The molecule has 6 saturated heterocycles. The zero-order chi connectivity index (χ0) is 44.5. The van der Waals surface area contributed by atoms with Gasteiger partial charge in [-0.2, -0.15) is 5.01 Å². The molecular weight excluding hydrogens is 823 g/mol. The summed E-state index contributed by atoms with van der Waals surface area (Å²) >= 11 is 0. The number of allylic oxidation sites excluding steroid dienone is 1. The highest BCUT2D eigenvalue weighted by molar-refractivity contribution is 6.05. The van der Waals surface area contributed by atoms with Crippen molar-refractivity contribution in [2.45, 2.75) is 133 Å². The lowest BCUT2D eigenvalue weighted by atomic mass is 9.76. The third-order valence-corrected chi connectivity index (χ3v) is 16.8. The van der Waals surface area contributed by atoms with Crippen LogP contribution in [-0.2, 0) is 20.9 Å². The van der Waals surface area contributed by atoms with Gasteiger partial charge in [-0.05, 0) is 131 Å². The zero-order valence-electron chi connectivity index (χ0n) is 37.9. The van der Waals surface area contributed by atoms with Crippen molar-refractivity contribution in [3.05, 3.63) is 65.7 Å². The van der Waals surface area contributed by atoms with Crippen LogP contribution in [0.4, 0.5) is 17.1 Å². The number of piperidine rings is 3. The second-order valence-corrected chi connectivity index (χ2v) is 20.7. The molecule has 4 amide bonds. The zero-order valence-corrected chi connectivity index (χ0v) is 37.9. The number of nitrogens with zero attached hydrogens (tertiary/aromatic N) is 6. The van der Waals surface area contributed by atoms with Gasteiger partial charge in [0.2, 0.25) is 17.7 Å². The lowest BCUT2D eigenvalue weighted by Crippen LogP contribution is -2.69. The molecule has 0 aromatic heterocycles. The van der Waals surface area contributed by atoms with Crippen molar-refractivity contribution in [3.63, 3.8) is 0 Å². The Hall–Kier alpha value is -4.58. The highest BCUT2D eigenvalue weighted by Gasteiger charge is 2.53. The van der Waals surface area contributed by atoms with E-state index in [4.69, 9.17) is 0 Å². The quantitative estimate of drug-likeness (QED) is 0.185. The van der Waals surface area contributed by atoms with Gasteiger partial charge in [-0.1, -0.05) is 12.2 Å². The van der Waals surface area contributed by atoms with Crippen LogP contribution in [0.1, 0.15) is 99.9 Å². The molecule has 348 valence electrons. The molecule has 2 bridgehead atoms. The molecule has 2 aromatic carbocycles. The van der Waals surface area contributed by atoms with Gasteiger partial charge in [-0.3, -0.25) is 50.4 Å². The average Bonchev–Trinajstić information content (AvgIpc) is 3.96. The third-order valence-electron chi connectivity index (χ3n) is 16.8. The summed E-state index contributed by atoms with van der Waals surface area (Å²) in [5, 5.41) is 32.7. The van der Waals surface area contributed by atoms with Gasteiger partial charge in [-0.25, -0.2) is 0 Å². The summed E-state index contributed by atoms with van der Waals surface area (Å²) in [6.45, 7) is 9.69. The Kier molecular flexibility index (Phi) is 11.4. The molecule has 11 rings (SSSR count). The number of piperazine rings is 1. The number of hydrazine groups is 1. The van der Waals surface area contributed by atoms with Crippen LogP contribution in [0.3, 0.4) is 0 Å². The maximum Gasteiger partial charge on any atom is 0.255 e. The van der Waals surface area contributed by atoms with Gasteiger partial charge in [0, 0.05) is 93.5 Å². The van der Waals surface area contributed by atoms with E-state index in [1.165, 1.54) is 37.8 Å². The van der Waals surface area contributed by atoms with Crippen LogP contribution in [0.2, 0.25) is 0 Å². The van der Waals surface area contributed by atoms with Gasteiger partial charge in [-0.15, -0.1) is 0 Å². The second-order valence-electron chi connectivity index (χ2n) is 20.7. The molecular formula is C49H67N11O5. The first-order chi connectivity index (χ1) is 31.5. The van der Waals surface area contributed by atoms with Crippen molar-refractivity contribution in [2.75, 3.05) is 67.5 Å². The third kappa shape index (κ3) is 8.22. The van der Waals surface area contributed by atoms with E-state index in [0.717, 1.165) is 81.9 Å². The summed E-state index contributed by atoms with van der Waals surface area (Å²) in [6.07, 6.45) is 15.0. The number of hydrogen-bond donors (Lipinski definition) is 6. The standard InChI is InChI=1S/C49H67N11O5/c1-48(65)17-3-2-4-21-59-46(64)38-30-50-47(54-43(38)60(59)41-7-5-6-40(48)52-41)51-33-8-10-34(11-9-33)56-24-26-57(27-25-56)36-16-18-49(29-36)19-22-55(23-20-49)35-12-13-37-32(28-35)31-58(45(37)63)39-14-15-42(61)53-44(39)62/h2,4,8-13,28,36,38-41,43,47,50-52,54,65H,3,5-7,14-27,29-31H2,1H3,(H,53,61,62)/b4-2-/t36?,38?,39?,40?,41?,43?,47?,48-/m1/s1. The van der Waals surface area contributed by atoms with Crippen LogP contribution in [-0.4, -0.2) is 143 Å². The molecule has 1 spiro atoms. The summed E-state index contributed by atoms with van der Waals surface area (Å²) in [6, 6.07) is 15.0. The number of hydrogen-bond acceptors (Lipinski definition) is 13. The van der Waals surface area contributed by atoms with Gasteiger partial charge in [0.05, 0.1) is 30.4 Å². The van der Waals surface area contributed by atoms with Crippen molar-refractivity contribution >= 4 is 40.7 Å². The van der Waals surface area contributed by atoms with Crippen molar-refractivity contribution in [2.24, 2.45) is 11.3 Å². The summed E-state index contributed by atoms with van der Waals surface area (Å²) in [4.78, 5) is 60.7. The molecule has 65 heavy (non-hydrogen) atoms. The number of carbonyl (C=O) groups excluding carboxylic acids is 4. The Morgan fingerprint density at radius 3 is 2.40 bits per heavy atom. The summed E-state index contributed by atoms with van der Waals surface area (Å²) in [5.74, 6) is -0.810. The highest BCUT2D eigenvalue weighted by atomic mass is 16.3. The minimum atomic E-state index is -0.806. The monoisotopic (exact) mass is 890 g/mol. The maximum absolute atomic E-state index is 13.8. The van der Waals surface area contributed by atoms with E-state index >= 15 is 0 Å². The molecule has 7 unspecified atom stereocenters. The number of aliphatic hydroxyl groups is 1. The van der Waals surface area contributed by atoms with Crippen LogP contribution in [0.15, 0.2) is 54.6 Å². The van der Waals surface area contributed by atoms with Crippen molar-refractivity contribution in [3.8, 4) is 0 Å². The molecule has 16 heteroatoms. The Labute approximate surface area is 382 Å². The first-order valence-corrected chi connectivity index (χ1v) is 24.6. The Morgan fingerprint density at radius 1 is 0.815 bits per heavy atom. The highest BCUT2D eigenvalue weighted by Crippen LogP contribution is 2.49. The molecule has 7 fully saturated rings. The average molecular weight is 890 g/mol. The number of rotatable bonds is 6. The molecule has 2 aromatic rings. The topological polar surface area (TPSA) is 168 Å². The smallest absolute Gasteiger partial charge is 0.255 e. The molecule has 8 aliphatic heterocycles. The number of nitrogens with one attached hydrogen (secondary N) is 5. The fourth-order valence-electron chi connectivity index (χ4n) is 13.0. The van der Waals surface area contributed by atoms with E-state index in [2.05, 4.69) is 94.8 Å².